The Morgan fingerprint density at radius 3 is 2.78 bits per heavy atom. The van der Waals surface area contributed by atoms with Crippen molar-refractivity contribution < 1.29 is 13.9 Å². The monoisotopic (exact) mass is 252 g/mol. The molecule has 0 saturated heterocycles. The highest BCUT2D eigenvalue weighted by Crippen LogP contribution is 2.16. The molecule has 2 aromatic rings. The van der Waals surface area contributed by atoms with Crippen molar-refractivity contribution in [2.24, 2.45) is 0 Å². The Bertz CT molecular complexity index is 514. The molecule has 0 aliphatic heterocycles. The summed E-state index contributed by atoms with van der Waals surface area (Å²) in [5, 5.41) is 13.8. The summed E-state index contributed by atoms with van der Waals surface area (Å²) < 4.78 is 24.2. The minimum atomic E-state index is -2.72. The summed E-state index contributed by atoms with van der Waals surface area (Å²) in [6.07, 6.45) is -0.896. The average Bonchev–Trinajstić information content (AvgIpc) is 2.38. The standard InChI is InChI=1S/C13H14F2N2O/c14-13(15)12(18)8-17-7-10-6-16-5-9-3-1-2-4-11(9)10/h1-6,12-13,17-18H,7-8H2. The Balaban J connectivity index is 2.04. The summed E-state index contributed by atoms with van der Waals surface area (Å²) >= 11 is 0. The molecule has 0 fully saturated rings. The molecule has 0 spiro atoms. The molecule has 2 N–H and O–H groups in total. The van der Waals surface area contributed by atoms with Gasteiger partial charge in [-0.2, -0.15) is 0 Å². The number of aliphatic hydroxyl groups is 1. The summed E-state index contributed by atoms with van der Waals surface area (Å²) in [7, 11) is 0. The van der Waals surface area contributed by atoms with E-state index in [0.717, 1.165) is 16.3 Å². The zero-order valence-corrected chi connectivity index (χ0v) is 9.68. The Hall–Kier alpha value is -1.59. The van der Waals surface area contributed by atoms with Crippen LogP contribution in [0.25, 0.3) is 10.8 Å². The van der Waals surface area contributed by atoms with E-state index >= 15 is 0 Å². The van der Waals surface area contributed by atoms with E-state index in [9.17, 15) is 8.78 Å². The molecular weight excluding hydrogens is 238 g/mol. The van der Waals surface area contributed by atoms with Gasteiger partial charge in [-0.15, -0.1) is 0 Å². The Morgan fingerprint density at radius 2 is 2.00 bits per heavy atom. The lowest BCUT2D eigenvalue weighted by molar-refractivity contribution is -0.00339. The van der Waals surface area contributed by atoms with E-state index < -0.39 is 12.5 Å². The molecule has 1 atom stereocenters. The number of pyridine rings is 1. The smallest absolute Gasteiger partial charge is 0.265 e. The van der Waals surface area contributed by atoms with Crippen molar-refractivity contribution in [2.45, 2.75) is 19.1 Å². The van der Waals surface area contributed by atoms with Crippen LogP contribution in [0.4, 0.5) is 8.78 Å². The number of hydrogen-bond donors (Lipinski definition) is 2. The largest absolute Gasteiger partial charge is 0.386 e. The lowest BCUT2D eigenvalue weighted by Gasteiger charge is -2.11. The van der Waals surface area contributed by atoms with E-state index in [1.807, 2.05) is 24.3 Å². The molecule has 0 aliphatic rings. The van der Waals surface area contributed by atoms with E-state index in [1.54, 1.807) is 12.4 Å². The van der Waals surface area contributed by atoms with Gasteiger partial charge in [0.2, 0.25) is 0 Å². The zero-order valence-electron chi connectivity index (χ0n) is 9.68. The van der Waals surface area contributed by atoms with Gasteiger partial charge in [0.25, 0.3) is 6.43 Å². The summed E-state index contributed by atoms with van der Waals surface area (Å²) in [4.78, 5) is 4.10. The molecule has 3 nitrogen and oxygen atoms in total. The number of halogens is 2. The normalized spacial score (nSPS) is 13.1. The van der Waals surface area contributed by atoms with E-state index in [4.69, 9.17) is 5.11 Å². The molecule has 1 heterocycles. The van der Waals surface area contributed by atoms with Crippen LogP contribution in [0.15, 0.2) is 36.7 Å². The van der Waals surface area contributed by atoms with Gasteiger partial charge in [-0.1, -0.05) is 24.3 Å². The molecule has 0 amide bonds. The highest BCUT2D eigenvalue weighted by molar-refractivity contribution is 5.84. The summed E-state index contributed by atoms with van der Waals surface area (Å²) in [5.41, 5.74) is 0.926. The van der Waals surface area contributed by atoms with Crippen molar-refractivity contribution >= 4 is 10.8 Å². The predicted octanol–water partition coefficient (Wildman–Crippen LogP) is 1.95. The molecule has 0 aliphatic carbocycles. The summed E-state index contributed by atoms with van der Waals surface area (Å²) in [6.45, 7) is 0.263. The highest BCUT2D eigenvalue weighted by atomic mass is 19.3. The fourth-order valence-corrected chi connectivity index (χ4v) is 1.76. The van der Waals surface area contributed by atoms with Crippen LogP contribution >= 0.6 is 0 Å². The second-order valence-corrected chi connectivity index (χ2v) is 4.05. The fraction of sp³-hybridized carbons (Fsp3) is 0.308. The number of aliphatic hydroxyl groups excluding tert-OH is 1. The quantitative estimate of drug-likeness (QED) is 0.855. The van der Waals surface area contributed by atoms with Gasteiger partial charge in [0.1, 0.15) is 6.10 Å². The van der Waals surface area contributed by atoms with Crippen LogP contribution in [0.2, 0.25) is 0 Å². The first-order valence-electron chi connectivity index (χ1n) is 5.67. The van der Waals surface area contributed by atoms with Crippen LogP contribution in [0.5, 0.6) is 0 Å². The predicted molar refractivity (Wildman–Crippen MR) is 65.5 cm³/mol. The van der Waals surface area contributed by atoms with Crippen LogP contribution in [-0.2, 0) is 6.54 Å². The van der Waals surface area contributed by atoms with Gasteiger partial charge >= 0.3 is 0 Å². The van der Waals surface area contributed by atoms with Crippen LogP contribution in [0, 0.1) is 0 Å². The Labute approximate surface area is 103 Å². The minimum Gasteiger partial charge on any atom is -0.386 e. The van der Waals surface area contributed by atoms with E-state index in [-0.39, 0.29) is 6.54 Å². The van der Waals surface area contributed by atoms with Gasteiger partial charge in [0.05, 0.1) is 0 Å². The van der Waals surface area contributed by atoms with Gasteiger partial charge in [-0.25, -0.2) is 8.78 Å². The third-order valence-corrected chi connectivity index (χ3v) is 2.71. The molecule has 1 unspecified atom stereocenters. The first-order chi connectivity index (χ1) is 8.68. The summed E-state index contributed by atoms with van der Waals surface area (Å²) in [5.74, 6) is 0. The van der Waals surface area contributed by atoms with Gasteiger partial charge in [0, 0.05) is 30.9 Å². The van der Waals surface area contributed by atoms with E-state index in [2.05, 4.69) is 10.3 Å². The number of alkyl halides is 2. The van der Waals surface area contributed by atoms with Crippen molar-refractivity contribution in [1.82, 2.24) is 10.3 Å². The third kappa shape index (κ3) is 3.00. The molecule has 5 heteroatoms. The first kappa shape index (κ1) is 12.9. The van der Waals surface area contributed by atoms with Crippen molar-refractivity contribution in [3.63, 3.8) is 0 Å². The molecule has 96 valence electrons. The number of benzene rings is 1. The van der Waals surface area contributed by atoms with Gasteiger partial charge in [-0.05, 0) is 10.9 Å². The van der Waals surface area contributed by atoms with Crippen LogP contribution < -0.4 is 5.32 Å². The third-order valence-electron chi connectivity index (χ3n) is 2.71. The number of nitrogens with zero attached hydrogens (tertiary/aromatic N) is 1. The highest BCUT2D eigenvalue weighted by Gasteiger charge is 2.15. The molecule has 1 aromatic carbocycles. The van der Waals surface area contributed by atoms with Crippen LogP contribution in [0.1, 0.15) is 5.56 Å². The minimum absolute atomic E-state index is 0.138. The molecule has 0 bridgehead atoms. The van der Waals surface area contributed by atoms with E-state index in [1.165, 1.54) is 0 Å². The fourth-order valence-electron chi connectivity index (χ4n) is 1.76. The second kappa shape index (κ2) is 5.84. The zero-order chi connectivity index (χ0) is 13.0. The number of aromatic nitrogens is 1. The molecule has 0 saturated carbocycles. The topological polar surface area (TPSA) is 45.1 Å². The number of rotatable bonds is 5. The maximum atomic E-state index is 12.1. The molecule has 18 heavy (non-hydrogen) atoms. The Morgan fingerprint density at radius 1 is 1.22 bits per heavy atom. The lowest BCUT2D eigenvalue weighted by Crippen LogP contribution is -2.31. The van der Waals surface area contributed by atoms with Gasteiger partial charge < -0.3 is 10.4 Å². The number of nitrogens with one attached hydrogen (secondary N) is 1. The Kier molecular flexibility index (Phi) is 4.17. The molecular formula is C13H14F2N2O. The van der Waals surface area contributed by atoms with Gasteiger partial charge in [-0.3, -0.25) is 4.98 Å². The van der Waals surface area contributed by atoms with Crippen molar-refractivity contribution in [1.29, 1.82) is 0 Å². The molecule has 0 radical (unpaired) electrons. The van der Waals surface area contributed by atoms with Gasteiger partial charge in [0.15, 0.2) is 0 Å². The molecule has 1 aromatic heterocycles. The maximum absolute atomic E-state index is 12.1. The van der Waals surface area contributed by atoms with Crippen molar-refractivity contribution in [3.05, 3.63) is 42.2 Å². The van der Waals surface area contributed by atoms with Crippen molar-refractivity contribution in [2.75, 3.05) is 6.54 Å². The lowest BCUT2D eigenvalue weighted by atomic mass is 10.1. The maximum Gasteiger partial charge on any atom is 0.265 e. The van der Waals surface area contributed by atoms with E-state index in [0.29, 0.717) is 6.54 Å². The van der Waals surface area contributed by atoms with Crippen LogP contribution in [-0.4, -0.2) is 29.2 Å². The second-order valence-electron chi connectivity index (χ2n) is 4.05. The van der Waals surface area contributed by atoms with Crippen molar-refractivity contribution in [3.8, 4) is 0 Å². The number of hydrogen-bond acceptors (Lipinski definition) is 3. The average molecular weight is 252 g/mol. The van der Waals surface area contributed by atoms with Crippen LogP contribution in [0.3, 0.4) is 0 Å². The molecule has 2 rings (SSSR count). The number of fused-ring (bicyclic) bond motifs is 1. The summed E-state index contributed by atoms with van der Waals surface area (Å²) in [6, 6.07) is 7.74. The SMILES string of the molecule is OC(CNCc1cncc2ccccc12)C(F)F. The first-order valence-corrected chi connectivity index (χ1v) is 5.67.